The molecular weight excluding hydrogens is 274 g/mol. The third-order valence-electron chi connectivity index (χ3n) is 3.42. The van der Waals surface area contributed by atoms with Crippen molar-refractivity contribution in [2.24, 2.45) is 5.73 Å². The van der Waals surface area contributed by atoms with E-state index in [-0.39, 0.29) is 12.5 Å². The molecule has 1 saturated heterocycles. The summed E-state index contributed by atoms with van der Waals surface area (Å²) in [5.41, 5.74) is 6.60. The number of carbonyl (C=O) groups is 1. The molecule has 0 saturated carbocycles. The van der Waals surface area contributed by atoms with E-state index in [0.29, 0.717) is 23.7 Å². The van der Waals surface area contributed by atoms with Gasteiger partial charge in [0.1, 0.15) is 6.10 Å². The summed E-state index contributed by atoms with van der Waals surface area (Å²) < 4.78 is 16.6. The van der Waals surface area contributed by atoms with Crippen LogP contribution in [0, 0.1) is 0 Å². The van der Waals surface area contributed by atoms with Crippen LogP contribution >= 0.6 is 0 Å². The van der Waals surface area contributed by atoms with Crippen molar-refractivity contribution in [1.82, 2.24) is 0 Å². The first-order chi connectivity index (χ1) is 10.1. The summed E-state index contributed by atoms with van der Waals surface area (Å²) in [7, 11) is 1.57. The smallest absolute Gasteiger partial charge is 0.305 e. The van der Waals surface area contributed by atoms with E-state index in [9.17, 15) is 4.79 Å². The lowest BCUT2D eigenvalue weighted by Crippen LogP contribution is -2.28. The Balaban J connectivity index is 2.14. The number of aliphatic carboxylic acids is 1. The van der Waals surface area contributed by atoms with Gasteiger partial charge in [0.05, 0.1) is 20.1 Å². The summed E-state index contributed by atoms with van der Waals surface area (Å²) in [6.45, 7) is 1.31. The van der Waals surface area contributed by atoms with Gasteiger partial charge in [0.15, 0.2) is 11.5 Å². The second-order valence-corrected chi connectivity index (χ2v) is 5.07. The predicted molar refractivity (Wildman–Crippen MR) is 76.6 cm³/mol. The monoisotopic (exact) mass is 295 g/mol. The van der Waals surface area contributed by atoms with Crippen LogP contribution in [0.3, 0.4) is 0 Å². The SMILES string of the molecule is COc1ccc(C(N)CC(=O)O)cc1OC1CCCOC1. The van der Waals surface area contributed by atoms with Gasteiger partial charge in [0.2, 0.25) is 0 Å². The van der Waals surface area contributed by atoms with Crippen molar-refractivity contribution in [3.05, 3.63) is 23.8 Å². The van der Waals surface area contributed by atoms with Crippen molar-refractivity contribution in [2.45, 2.75) is 31.4 Å². The fourth-order valence-corrected chi connectivity index (χ4v) is 2.31. The molecule has 0 amide bonds. The van der Waals surface area contributed by atoms with Crippen LogP contribution in [-0.4, -0.2) is 37.5 Å². The number of methoxy groups -OCH3 is 1. The summed E-state index contributed by atoms with van der Waals surface area (Å²) >= 11 is 0. The van der Waals surface area contributed by atoms with Gasteiger partial charge in [-0.1, -0.05) is 6.07 Å². The van der Waals surface area contributed by atoms with Gasteiger partial charge >= 0.3 is 5.97 Å². The van der Waals surface area contributed by atoms with E-state index < -0.39 is 12.0 Å². The van der Waals surface area contributed by atoms with E-state index in [4.69, 9.17) is 25.1 Å². The quantitative estimate of drug-likeness (QED) is 0.830. The second kappa shape index (κ2) is 7.28. The summed E-state index contributed by atoms with van der Waals surface area (Å²) in [6, 6.07) is 4.69. The molecule has 0 radical (unpaired) electrons. The maximum Gasteiger partial charge on any atom is 0.305 e. The fraction of sp³-hybridized carbons (Fsp3) is 0.533. The first kappa shape index (κ1) is 15.6. The Morgan fingerprint density at radius 2 is 2.33 bits per heavy atom. The Hall–Kier alpha value is -1.79. The van der Waals surface area contributed by atoms with Crippen molar-refractivity contribution in [1.29, 1.82) is 0 Å². The molecule has 2 atom stereocenters. The average Bonchev–Trinajstić information content (AvgIpc) is 2.47. The average molecular weight is 295 g/mol. The number of hydrogen-bond acceptors (Lipinski definition) is 5. The molecule has 1 heterocycles. The van der Waals surface area contributed by atoms with Crippen molar-refractivity contribution < 1.29 is 24.1 Å². The van der Waals surface area contributed by atoms with E-state index in [1.165, 1.54) is 0 Å². The highest BCUT2D eigenvalue weighted by atomic mass is 16.5. The van der Waals surface area contributed by atoms with Crippen LogP contribution in [0.4, 0.5) is 0 Å². The van der Waals surface area contributed by atoms with Gasteiger partial charge in [-0.2, -0.15) is 0 Å². The molecular formula is C15H21NO5. The van der Waals surface area contributed by atoms with Crippen LogP contribution in [0.5, 0.6) is 11.5 Å². The highest BCUT2D eigenvalue weighted by Gasteiger charge is 2.19. The Kier molecular flexibility index (Phi) is 5.41. The van der Waals surface area contributed by atoms with E-state index in [0.717, 1.165) is 19.4 Å². The minimum Gasteiger partial charge on any atom is -0.493 e. The van der Waals surface area contributed by atoms with Gasteiger partial charge in [0, 0.05) is 12.6 Å². The molecule has 1 aliphatic rings. The van der Waals surface area contributed by atoms with Crippen LogP contribution < -0.4 is 15.2 Å². The molecule has 21 heavy (non-hydrogen) atoms. The van der Waals surface area contributed by atoms with Gasteiger partial charge in [-0.3, -0.25) is 4.79 Å². The van der Waals surface area contributed by atoms with Crippen LogP contribution in [0.2, 0.25) is 0 Å². The number of nitrogens with two attached hydrogens (primary N) is 1. The topological polar surface area (TPSA) is 91.0 Å². The van der Waals surface area contributed by atoms with Crippen molar-refractivity contribution in [3.63, 3.8) is 0 Å². The predicted octanol–water partition coefficient (Wildman–Crippen LogP) is 1.73. The molecule has 3 N–H and O–H groups in total. The van der Waals surface area contributed by atoms with Gasteiger partial charge < -0.3 is 25.1 Å². The summed E-state index contributed by atoms with van der Waals surface area (Å²) in [5, 5.41) is 8.82. The Morgan fingerprint density at radius 3 is 2.95 bits per heavy atom. The van der Waals surface area contributed by atoms with Crippen LogP contribution in [0.25, 0.3) is 0 Å². The van der Waals surface area contributed by atoms with Crippen LogP contribution in [0.15, 0.2) is 18.2 Å². The molecule has 0 spiro atoms. The number of carboxylic acid groups (broad SMARTS) is 1. The van der Waals surface area contributed by atoms with Crippen molar-refractivity contribution in [2.75, 3.05) is 20.3 Å². The van der Waals surface area contributed by atoms with Gasteiger partial charge in [-0.25, -0.2) is 0 Å². The number of rotatable bonds is 6. The lowest BCUT2D eigenvalue weighted by Gasteiger charge is -2.24. The van der Waals surface area contributed by atoms with Crippen LogP contribution in [0.1, 0.15) is 30.9 Å². The molecule has 2 unspecified atom stereocenters. The number of carboxylic acids is 1. The largest absolute Gasteiger partial charge is 0.493 e. The lowest BCUT2D eigenvalue weighted by atomic mass is 10.0. The zero-order chi connectivity index (χ0) is 15.2. The Bertz CT molecular complexity index is 485. The molecule has 6 heteroatoms. The van der Waals surface area contributed by atoms with Gasteiger partial charge in [-0.15, -0.1) is 0 Å². The minimum absolute atomic E-state index is 0.0152. The molecule has 1 fully saturated rings. The van der Waals surface area contributed by atoms with Gasteiger partial charge in [0.25, 0.3) is 0 Å². The Labute approximate surface area is 123 Å². The maximum atomic E-state index is 10.8. The van der Waals surface area contributed by atoms with E-state index >= 15 is 0 Å². The molecule has 116 valence electrons. The molecule has 1 aromatic rings. The summed E-state index contributed by atoms with van der Waals surface area (Å²) in [4.78, 5) is 10.8. The molecule has 0 aromatic heterocycles. The molecule has 0 bridgehead atoms. The number of ether oxygens (including phenoxy) is 3. The first-order valence-corrected chi connectivity index (χ1v) is 7.00. The Morgan fingerprint density at radius 1 is 1.52 bits per heavy atom. The van der Waals surface area contributed by atoms with Gasteiger partial charge in [-0.05, 0) is 30.5 Å². The van der Waals surface area contributed by atoms with E-state index in [1.807, 2.05) is 0 Å². The fourth-order valence-electron chi connectivity index (χ4n) is 2.31. The standard InChI is InChI=1S/C15H21NO5/c1-19-13-5-4-10(12(16)8-15(17)18)7-14(13)21-11-3-2-6-20-9-11/h4-5,7,11-12H,2-3,6,8-9,16H2,1H3,(H,17,18). The number of hydrogen-bond donors (Lipinski definition) is 2. The molecule has 1 aromatic carbocycles. The summed E-state index contributed by atoms with van der Waals surface area (Å²) in [6.07, 6.45) is 1.75. The highest BCUT2D eigenvalue weighted by Crippen LogP contribution is 2.32. The molecule has 6 nitrogen and oxygen atoms in total. The van der Waals surface area contributed by atoms with Crippen molar-refractivity contribution >= 4 is 5.97 Å². The zero-order valence-electron chi connectivity index (χ0n) is 12.1. The normalized spacial score (nSPS) is 19.8. The lowest BCUT2D eigenvalue weighted by molar-refractivity contribution is -0.137. The van der Waals surface area contributed by atoms with Crippen LogP contribution in [-0.2, 0) is 9.53 Å². The zero-order valence-corrected chi connectivity index (χ0v) is 12.1. The third-order valence-corrected chi connectivity index (χ3v) is 3.42. The minimum atomic E-state index is -0.929. The molecule has 0 aliphatic carbocycles. The maximum absolute atomic E-state index is 10.8. The molecule has 2 rings (SSSR count). The van der Waals surface area contributed by atoms with E-state index in [1.54, 1.807) is 25.3 Å². The van der Waals surface area contributed by atoms with E-state index in [2.05, 4.69) is 0 Å². The summed E-state index contributed by atoms with van der Waals surface area (Å²) in [5.74, 6) is 0.250. The number of benzene rings is 1. The molecule has 1 aliphatic heterocycles. The first-order valence-electron chi connectivity index (χ1n) is 7.00. The third kappa shape index (κ3) is 4.34. The van der Waals surface area contributed by atoms with Crippen molar-refractivity contribution in [3.8, 4) is 11.5 Å². The highest BCUT2D eigenvalue weighted by molar-refractivity contribution is 5.68. The second-order valence-electron chi connectivity index (χ2n) is 5.07.